The normalized spacial score (nSPS) is 10.4. The summed E-state index contributed by atoms with van der Waals surface area (Å²) in [6.45, 7) is 2.78. The maximum Gasteiger partial charge on any atom is 0.326 e. The van der Waals surface area contributed by atoms with Crippen LogP contribution in [0.4, 0.5) is 16.2 Å². The average Bonchev–Trinajstić information content (AvgIpc) is 2.94. The molecule has 0 aliphatic rings. The number of rotatable bonds is 10. The van der Waals surface area contributed by atoms with Crippen LogP contribution in [0.1, 0.15) is 22.3 Å². The van der Waals surface area contributed by atoms with Crippen molar-refractivity contribution in [2.75, 3.05) is 30.4 Å². The second-order valence-electron chi connectivity index (χ2n) is 8.67. The number of methoxy groups -OCH3 is 1. The van der Waals surface area contributed by atoms with Crippen LogP contribution in [0.15, 0.2) is 103 Å². The highest BCUT2D eigenvalue weighted by molar-refractivity contribution is 6.02. The van der Waals surface area contributed by atoms with Crippen LogP contribution < -0.4 is 25.0 Å². The van der Waals surface area contributed by atoms with E-state index in [1.807, 2.05) is 85.8 Å². The molecule has 4 aromatic rings. The molecule has 0 aliphatic heterocycles. The lowest BCUT2D eigenvalue weighted by atomic mass is 10.1. The molecular weight excluding hydrogens is 478 g/mol. The minimum absolute atomic E-state index is 0.141. The van der Waals surface area contributed by atoms with Gasteiger partial charge in [-0.15, -0.1) is 0 Å². The minimum atomic E-state index is -0.309. The van der Waals surface area contributed by atoms with Crippen molar-refractivity contribution in [3.63, 3.8) is 0 Å². The molecule has 38 heavy (non-hydrogen) atoms. The Kier molecular flexibility index (Phi) is 8.97. The molecule has 7 heteroatoms. The first-order valence-corrected chi connectivity index (χ1v) is 12.4. The summed E-state index contributed by atoms with van der Waals surface area (Å²) in [5, 5.41) is 5.87. The lowest BCUT2D eigenvalue weighted by Crippen LogP contribution is -2.37. The van der Waals surface area contributed by atoms with Crippen LogP contribution in [0, 0.1) is 6.92 Å². The van der Waals surface area contributed by atoms with Gasteiger partial charge in [-0.1, -0.05) is 48.0 Å². The Balaban J connectivity index is 1.44. The average molecular weight is 510 g/mol. The smallest absolute Gasteiger partial charge is 0.326 e. The van der Waals surface area contributed by atoms with Crippen LogP contribution in [-0.4, -0.2) is 32.1 Å². The summed E-state index contributed by atoms with van der Waals surface area (Å²) in [7, 11) is 1.56. The second kappa shape index (κ2) is 13.0. The Bertz CT molecular complexity index is 1340. The summed E-state index contributed by atoms with van der Waals surface area (Å²) >= 11 is 0. The van der Waals surface area contributed by atoms with Crippen LogP contribution in [0.5, 0.6) is 17.2 Å². The van der Waals surface area contributed by atoms with E-state index in [1.165, 1.54) is 0 Å². The van der Waals surface area contributed by atoms with Gasteiger partial charge >= 0.3 is 6.03 Å². The van der Waals surface area contributed by atoms with Gasteiger partial charge in [0.05, 0.1) is 12.8 Å². The van der Waals surface area contributed by atoms with E-state index in [-0.39, 0.29) is 11.9 Å². The van der Waals surface area contributed by atoms with Gasteiger partial charge in [0.15, 0.2) is 0 Å². The van der Waals surface area contributed by atoms with Crippen LogP contribution in [-0.2, 0) is 0 Å². The molecule has 0 radical (unpaired) electrons. The molecule has 194 valence electrons. The maximum absolute atomic E-state index is 13.4. The van der Waals surface area contributed by atoms with E-state index >= 15 is 0 Å². The highest BCUT2D eigenvalue weighted by atomic mass is 16.5. The third-order valence-corrected chi connectivity index (χ3v) is 5.88. The number of anilines is 2. The van der Waals surface area contributed by atoms with Crippen LogP contribution in [0.3, 0.4) is 0 Å². The molecule has 4 aromatic carbocycles. The Morgan fingerprint density at radius 1 is 0.789 bits per heavy atom. The van der Waals surface area contributed by atoms with Gasteiger partial charge in [-0.05, 0) is 74.0 Å². The molecule has 0 atom stereocenters. The molecule has 3 amide bonds. The fourth-order valence-electron chi connectivity index (χ4n) is 3.84. The van der Waals surface area contributed by atoms with E-state index < -0.39 is 0 Å². The van der Waals surface area contributed by atoms with Crippen molar-refractivity contribution < 1.29 is 19.1 Å². The number of carbonyl (C=O) groups is 2. The highest BCUT2D eigenvalue weighted by Crippen LogP contribution is 2.27. The van der Waals surface area contributed by atoms with Crippen LogP contribution >= 0.6 is 0 Å². The fraction of sp³-hybridized carbons (Fsp3) is 0.161. The van der Waals surface area contributed by atoms with Crippen molar-refractivity contribution in [2.24, 2.45) is 0 Å². The van der Waals surface area contributed by atoms with Gasteiger partial charge in [-0.2, -0.15) is 0 Å². The highest BCUT2D eigenvalue weighted by Gasteiger charge is 2.18. The largest absolute Gasteiger partial charge is 0.495 e. The maximum atomic E-state index is 13.4. The molecule has 4 rings (SSSR count). The van der Waals surface area contributed by atoms with Crippen molar-refractivity contribution in [3.8, 4) is 17.2 Å². The molecule has 0 unspecified atom stereocenters. The Hall–Kier alpha value is -4.78. The van der Waals surface area contributed by atoms with Gasteiger partial charge in [-0.3, -0.25) is 9.69 Å². The van der Waals surface area contributed by atoms with Crippen molar-refractivity contribution in [1.29, 1.82) is 0 Å². The number of ether oxygens (including phenoxy) is 2. The molecule has 0 bridgehead atoms. The molecule has 0 aromatic heterocycles. The monoisotopic (exact) mass is 509 g/mol. The molecule has 7 nitrogen and oxygen atoms in total. The minimum Gasteiger partial charge on any atom is -0.495 e. The fourth-order valence-corrected chi connectivity index (χ4v) is 3.84. The van der Waals surface area contributed by atoms with Gasteiger partial charge in [0.2, 0.25) is 0 Å². The Morgan fingerprint density at radius 3 is 2.16 bits per heavy atom. The molecule has 0 saturated carbocycles. The topological polar surface area (TPSA) is 79.9 Å². The number of amides is 3. The summed E-state index contributed by atoms with van der Waals surface area (Å²) in [6, 6.07) is 31.2. The van der Waals surface area contributed by atoms with E-state index in [4.69, 9.17) is 9.47 Å². The third kappa shape index (κ3) is 7.13. The number of benzene rings is 4. The van der Waals surface area contributed by atoms with Gasteiger partial charge in [0, 0.05) is 24.3 Å². The first-order valence-electron chi connectivity index (χ1n) is 12.4. The molecule has 2 N–H and O–H groups in total. The van der Waals surface area contributed by atoms with E-state index in [1.54, 1.807) is 36.3 Å². The summed E-state index contributed by atoms with van der Waals surface area (Å²) in [5.74, 6) is 1.82. The van der Waals surface area contributed by atoms with Crippen molar-refractivity contribution >= 4 is 23.3 Å². The van der Waals surface area contributed by atoms with E-state index in [0.717, 1.165) is 11.3 Å². The molecule has 0 saturated heterocycles. The number of nitrogens with one attached hydrogen (secondary N) is 2. The summed E-state index contributed by atoms with van der Waals surface area (Å²) in [6.07, 6.45) is 0.555. The van der Waals surface area contributed by atoms with E-state index in [0.29, 0.717) is 47.9 Å². The number of hydrogen-bond donors (Lipinski definition) is 2. The summed E-state index contributed by atoms with van der Waals surface area (Å²) in [4.78, 5) is 27.5. The lowest BCUT2D eigenvalue weighted by molar-refractivity contribution is 0.0953. The first-order chi connectivity index (χ1) is 18.5. The van der Waals surface area contributed by atoms with Crippen LogP contribution in [0.25, 0.3) is 0 Å². The van der Waals surface area contributed by atoms with Gasteiger partial charge in [-0.25, -0.2) is 4.79 Å². The summed E-state index contributed by atoms with van der Waals surface area (Å²) in [5.41, 5.74) is 2.97. The van der Waals surface area contributed by atoms with Crippen molar-refractivity contribution in [2.45, 2.75) is 13.3 Å². The number of para-hydroxylation sites is 3. The molecular formula is C31H31N3O4. The first kappa shape index (κ1) is 26.3. The number of carbonyl (C=O) groups excluding carboxylic acids is 2. The van der Waals surface area contributed by atoms with Crippen molar-refractivity contribution in [3.05, 3.63) is 114 Å². The number of urea groups is 1. The predicted molar refractivity (Wildman–Crippen MR) is 150 cm³/mol. The summed E-state index contributed by atoms with van der Waals surface area (Å²) < 4.78 is 11.3. The predicted octanol–water partition coefficient (Wildman–Crippen LogP) is 6.65. The van der Waals surface area contributed by atoms with E-state index in [9.17, 15) is 9.59 Å². The van der Waals surface area contributed by atoms with Gasteiger partial charge < -0.3 is 20.1 Å². The van der Waals surface area contributed by atoms with Gasteiger partial charge in [0.25, 0.3) is 5.91 Å². The van der Waals surface area contributed by atoms with Gasteiger partial charge in [0.1, 0.15) is 17.2 Å². The quantitative estimate of drug-likeness (QED) is 0.235. The second-order valence-corrected chi connectivity index (χ2v) is 8.67. The Labute approximate surface area is 223 Å². The number of nitrogens with zero attached hydrogens (tertiary/aromatic N) is 1. The Morgan fingerprint density at radius 2 is 1.45 bits per heavy atom. The SMILES string of the molecule is COc1ccccc1NC(=O)N(CCCNC(=O)c1ccc(C)cc1)c1ccc(Oc2ccccc2)cc1. The van der Waals surface area contributed by atoms with Crippen molar-refractivity contribution in [1.82, 2.24) is 5.32 Å². The number of hydrogen-bond acceptors (Lipinski definition) is 4. The zero-order chi connectivity index (χ0) is 26.7. The zero-order valence-corrected chi connectivity index (χ0v) is 21.5. The molecule has 0 fully saturated rings. The van der Waals surface area contributed by atoms with Crippen LogP contribution in [0.2, 0.25) is 0 Å². The van der Waals surface area contributed by atoms with E-state index in [2.05, 4.69) is 10.6 Å². The molecule has 0 aliphatic carbocycles. The molecule has 0 spiro atoms. The third-order valence-electron chi connectivity index (χ3n) is 5.88. The molecule has 0 heterocycles. The lowest BCUT2D eigenvalue weighted by Gasteiger charge is -2.24. The zero-order valence-electron chi connectivity index (χ0n) is 21.5. The number of aryl methyl sites for hydroxylation is 1. The standard InChI is InChI=1S/C31H31N3O4/c1-23-13-15-24(16-14-23)30(35)32-21-8-22-34(31(36)33-28-11-6-7-12-29(28)37-2)25-17-19-27(20-18-25)38-26-9-4-3-5-10-26/h3-7,9-20H,8,21-22H2,1-2H3,(H,32,35)(H,33,36).